The molecule has 0 spiro atoms. The molecule has 0 rings (SSSR count). The Kier molecular flexibility index (Phi) is 5.64. The van der Waals surface area contributed by atoms with E-state index in [1.807, 2.05) is 0 Å². The molecule has 0 aromatic rings. The van der Waals surface area contributed by atoms with E-state index in [0.717, 1.165) is 0 Å². The van der Waals surface area contributed by atoms with Gasteiger partial charge in [-0.1, -0.05) is 81.2 Å². The topological polar surface area (TPSA) is 0 Å². The van der Waals surface area contributed by atoms with Crippen LogP contribution in [-0.4, -0.2) is 3.79 Å². The molecule has 0 bridgehead atoms. The zero-order chi connectivity index (χ0) is 9.23. The van der Waals surface area contributed by atoms with Crippen molar-refractivity contribution in [1.29, 1.82) is 0 Å². The minimum Gasteiger partial charge on any atom is -0.0914 e. The van der Waals surface area contributed by atoms with E-state index < -0.39 is 3.79 Å². The quantitative estimate of drug-likeness (QED) is 0.596. The highest BCUT2D eigenvalue weighted by Gasteiger charge is 2.29. The van der Waals surface area contributed by atoms with Gasteiger partial charge in [-0.3, -0.25) is 0 Å². The van der Waals surface area contributed by atoms with Gasteiger partial charge in [0.2, 0.25) is 3.79 Å². The molecule has 0 aliphatic heterocycles. The van der Waals surface area contributed by atoms with Gasteiger partial charge in [-0.05, 0) is 0 Å². The molecule has 11 heavy (non-hydrogen) atoms. The Morgan fingerprint density at radius 3 is 1.27 bits per heavy atom. The summed E-state index contributed by atoms with van der Waals surface area (Å²) in [6.45, 7) is 0. The molecular weight excluding hydrogens is 296 g/mol. The molecule has 7 heteroatoms. The van der Waals surface area contributed by atoms with E-state index in [4.69, 9.17) is 81.2 Å². The first-order valence-corrected chi connectivity index (χ1v) is 4.72. The van der Waals surface area contributed by atoms with Gasteiger partial charge in [-0.2, -0.15) is 0 Å². The number of alkyl halides is 3. The summed E-state index contributed by atoms with van der Waals surface area (Å²) in [4.78, 5) is -0.247. The van der Waals surface area contributed by atoms with E-state index in [1.54, 1.807) is 0 Å². The standard InChI is InChI=1S/C4Cl7/c5-1(3(7)8)2(6)4(9,10)11/b2-1+. The predicted octanol–water partition coefficient (Wildman–Crippen LogP) is 5.01. The zero-order valence-corrected chi connectivity index (χ0v) is 9.94. The molecule has 0 saturated heterocycles. The molecule has 0 aromatic heterocycles. The molecular formula is C4Cl7. The van der Waals surface area contributed by atoms with E-state index in [2.05, 4.69) is 0 Å². The van der Waals surface area contributed by atoms with Gasteiger partial charge in [0.05, 0.1) is 10.1 Å². The molecule has 0 aliphatic rings. The summed E-state index contributed by atoms with van der Waals surface area (Å²) in [7, 11) is 0. The predicted molar refractivity (Wildman–Crippen MR) is 54.0 cm³/mol. The Balaban J connectivity index is 4.67. The summed E-state index contributed by atoms with van der Waals surface area (Å²) in [5.74, 6) is 0. The summed E-state index contributed by atoms with van der Waals surface area (Å²) < 4.78 is -1.80. The van der Waals surface area contributed by atoms with Crippen LogP contribution in [0.3, 0.4) is 0 Å². The third-order valence-corrected chi connectivity index (χ3v) is 2.98. The lowest BCUT2D eigenvalue weighted by molar-refractivity contribution is 1.39. The molecule has 0 aromatic carbocycles. The lowest BCUT2D eigenvalue weighted by Gasteiger charge is -2.11. The van der Waals surface area contributed by atoms with Crippen LogP contribution in [0.1, 0.15) is 0 Å². The highest BCUT2D eigenvalue weighted by molar-refractivity contribution is 6.74. The smallest absolute Gasteiger partial charge is 0.0914 e. The second kappa shape index (κ2) is 4.85. The Morgan fingerprint density at radius 1 is 0.818 bits per heavy atom. The van der Waals surface area contributed by atoms with Crippen molar-refractivity contribution in [3.05, 3.63) is 14.9 Å². The lowest BCUT2D eigenvalue weighted by Crippen LogP contribution is -2.03. The first kappa shape index (κ1) is 12.8. The SMILES string of the molecule is Cl[C](Cl)/C(Cl)=C(\Cl)C(Cl)(Cl)Cl. The molecule has 0 saturated carbocycles. The summed E-state index contributed by atoms with van der Waals surface area (Å²) in [6, 6.07) is 0. The van der Waals surface area contributed by atoms with Crippen molar-refractivity contribution in [2.45, 2.75) is 3.79 Å². The van der Waals surface area contributed by atoms with Crippen LogP contribution in [0.25, 0.3) is 0 Å². The van der Waals surface area contributed by atoms with Gasteiger partial charge in [0.1, 0.15) is 0 Å². The summed E-state index contributed by atoms with van der Waals surface area (Å²) in [6.07, 6.45) is 0. The fourth-order valence-electron chi connectivity index (χ4n) is 0.207. The largest absolute Gasteiger partial charge is 0.227 e. The van der Waals surface area contributed by atoms with Crippen molar-refractivity contribution in [2.24, 2.45) is 0 Å². The van der Waals surface area contributed by atoms with Crippen LogP contribution in [0.4, 0.5) is 0 Å². The fraction of sp³-hybridized carbons (Fsp3) is 0.250. The van der Waals surface area contributed by atoms with Crippen molar-refractivity contribution in [2.75, 3.05) is 0 Å². The third kappa shape index (κ3) is 4.52. The summed E-state index contributed by atoms with van der Waals surface area (Å²) in [5, 5.41) is -0.404. The molecule has 0 nitrogen and oxygen atoms in total. The van der Waals surface area contributed by atoms with E-state index in [-0.39, 0.29) is 14.9 Å². The van der Waals surface area contributed by atoms with E-state index in [1.165, 1.54) is 0 Å². The second-order valence-corrected chi connectivity index (χ2v) is 5.37. The van der Waals surface area contributed by atoms with Crippen molar-refractivity contribution >= 4 is 81.2 Å². The molecule has 65 valence electrons. The van der Waals surface area contributed by atoms with Crippen molar-refractivity contribution in [3.63, 3.8) is 0 Å². The highest BCUT2D eigenvalue weighted by Crippen LogP contribution is 2.43. The molecule has 0 fully saturated rings. The summed E-state index contributed by atoms with van der Waals surface area (Å²) >= 11 is 37.5. The highest BCUT2D eigenvalue weighted by atomic mass is 35.6. The maximum Gasteiger partial charge on any atom is 0.227 e. The van der Waals surface area contributed by atoms with Crippen LogP contribution in [-0.2, 0) is 0 Å². The number of allylic oxidation sites excluding steroid dienone is 2. The second-order valence-electron chi connectivity index (χ2n) is 1.39. The van der Waals surface area contributed by atoms with Crippen LogP contribution in [0.2, 0.25) is 0 Å². The zero-order valence-electron chi connectivity index (χ0n) is 4.65. The Morgan fingerprint density at radius 2 is 1.18 bits per heavy atom. The minimum atomic E-state index is -1.80. The van der Waals surface area contributed by atoms with Gasteiger partial charge in [-0.25, -0.2) is 0 Å². The number of halogens is 7. The normalized spacial score (nSPS) is 15.3. The van der Waals surface area contributed by atoms with Crippen LogP contribution in [0.15, 0.2) is 10.1 Å². The Hall–Kier alpha value is 1.77. The maximum atomic E-state index is 5.46. The average Bonchev–Trinajstić information content (AvgIpc) is 1.82. The molecule has 0 amide bonds. The van der Waals surface area contributed by atoms with Gasteiger partial charge >= 0.3 is 0 Å². The third-order valence-electron chi connectivity index (χ3n) is 0.608. The monoisotopic (exact) mass is 293 g/mol. The van der Waals surface area contributed by atoms with Crippen molar-refractivity contribution in [1.82, 2.24) is 0 Å². The van der Waals surface area contributed by atoms with Gasteiger partial charge in [0.15, 0.2) is 4.84 Å². The van der Waals surface area contributed by atoms with Crippen LogP contribution in [0, 0.1) is 4.84 Å². The number of hydrogen-bond donors (Lipinski definition) is 0. The average molecular weight is 296 g/mol. The minimum absolute atomic E-state index is 0.171. The Labute approximate surface area is 99.3 Å². The van der Waals surface area contributed by atoms with E-state index >= 15 is 0 Å². The first-order valence-electron chi connectivity index (χ1n) is 2.07. The van der Waals surface area contributed by atoms with Gasteiger partial charge < -0.3 is 0 Å². The summed E-state index contributed by atoms with van der Waals surface area (Å²) in [5.41, 5.74) is 0. The maximum absolute atomic E-state index is 5.46. The number of hydrogen-bond acceptors (Lipinski definition) is 0. The van der Waals surface area contributed by atoms with Gasteiger partial charge in [0.25, 0.3) is 0 Å². The molecule has 0 aliphatic carbocycles. The number of rotatable bonds is 1. The van der Waals surface area contributed by atoms with Crippen molar-refractivity contribution < 1.29 is 0 Å². The molecule has 0 atom stereocenters. The van der Waals surface area contributed by atoms with E-state index in [9.17, 15) is 0 Å². The van der Waals surface area contributed by atoms with Gasteiger partial charge in [-0.15, -0.1) is 0 Å². The Bertz CT molecular complexity index is 164. The van der Waals surface area contributed by atoms with E-state index in [0.29, 0.717) is 0 Å². The van der Waals surface area contributed by atoms with Gasteiger partial charge in [0, 0.05) is 0 Å². The van der Waals surface area contributed by atoms with Crippen LogP contribution < -0.4 is 0 Å². The lowest BCUT2D eigenvalue weighted by atomic mass is 10.5. The van der Waals surface area contributed by atoms with Crippen molar-refractivity contribution in [3.8, 4) is 0 Å². The fourth-order valence-corrected chi connectivity index (χ4v) is 1.16. The molecule has 0 N–H and O–H groups in total. The molecule has 0 unspecified atom stereocenters. The first-order chi connectivity index (χ1) is 4.76. The van der Waals surface area contributed by atoms with Crippen LogP contribution in [0.5, 0.6) is 0 Å². The molecule has 1 radical (unpaired) electrons. The van der Waals surface area contributed by atoms with Crippen LogP contribution >= 0.6 is 81.2 Å². The molecule has 0 heterocycles.